The first-order valence-corrected chi connectivity index (χ1v) is 5.27. The molecule has 0 heterocycles. The van der Waals surface area contributed by atoms with Gasteiger partial charge in [-0.15, -0.1) is 0 Å². The van der Waals surface area contributed by atoms with Crippen LogP contribution < -0.4 is 20.5 Å². The minimum atomic E-state index is 0.443. The van der Waals surface area contributed by atoms with Gasteiger partial charge in [0.1, 0.15) is 11.5 Å². The fraction of sp³-hybridized carbons (Fsp3) is 0.500. The lowest BCUT2D eigenvalue weighted by Crippen LogP contribution is -2.22. The average molecular weight is 224 g/mol. The second-order valence-corrected chi connectivity index (χ2v) is 3.65. The molecule has 0 bridgehead atoms. The summed E-state index contributed by atoms with van der Waals surface area (Å²) in [4.78, 5) is 0. The van der Waals surface area contributed by atoms with Crippen LogP contribution in [0.4, 0.5) is 0 Å². The monoisotopic (exact) mass is 224 g/mol. The lowest BCUT2D eigenvalue weighted by molar-refractivity contribution is 0.392. The first kappa shape index (κ1) is 12.8. The SMILES string of the molecule is COc1cc(CNCN)c(OC)c(C)c1C. The number of nitrogens with one attached hydrogen (secondary N) is 1. The van der Waals surface area contributed by atoms with Gasteiger partial charge in [0.15, 0.2) is 0 Å². The van der Waals surface area contributed by atoms with Gasteiger partial charge in [0.05, 0.1) is 14.2 Å². The minimum Gasteiger partial charge on any atom is -0.496 e. The van der Waals surface area contributed by atoms with Crippen LogP contribution in [0.15, 0.2) is 6.07 Å². The van der Waals surface area contributed by atoms with Crippen LogP contribution in [0.5, 0.6) is 11.5 Å². The molecule has 0 aliphatic carbocycles. The van der Waals surface area contributed by atoms with E-state index in [1.165, 1.54) is 0 Å². The molecule has 0 fully saturated rings. The largest absolute Gasteiger partial charge is 0.496 e. The normalized spacial score (nSPS) is 10.3. The van der Waals surface area contributed by atoms with Crippen LogP contribution in [0, 0.1) is 13.8 Å². The van der Waals surface area contributed by atoms with Crippen LogP contribution in [0.2, 0.25) is 0 Å². The zero-order chi connectivity index (χ0) is 12.1. The van der Waals surface area contributed by atoms with Crippen LogP contribution in [0.25, 0.3) is 0 Å². The van der Waals surface area contributed by atoms with E-state index in [-0.39, 0.29) is 0 Å². The average Bonchev–Trinajstić information content (AvgIpc) is 2.30. The molecule has 0 spiro atoms. The number of nitrogens with two attached hydrogens (primary N) is 1. The maximum absolute atomic E-state index is 5.42. The summed E-state index contributed by atoms with van der Waals surface area (Å²) in [6, 6.07) is 1.99. The van der Waals surface area contributed by atoms with Crippen molar-refractivity contribution in [1.82, 2.24) is 5.32 Å². The summed E-state index contributed by atoms with van der Waals surface area (Å²) >= 11 is 0. The summed E-state index contributed by atoms with van der Waals surface area (Å²) in [7, 11) is 3.36. The Kier molecular flexibility index (Phi) is 4.58. The Balaban J connectivity index is 3.18. The molecule has 0 atom stereocenters. The second-order valence-electron chi connectivity index (χ2n) is 3.65. The van der Waals surface area contributed by atoms with Gasteiger partial charge in [-0.05, 0) is 31.0 Å². The molecule has 0 aromatic heterocycles. The van der Waals surface area contributed by atoms with E-state index in [0.717, 1.165) is 28.2 Å². The Hall–Kier alpha value is -1.26. The highest BCUT2D eigenvalue weighted by molar-refractivity contribution is 5.52. The van der Waals surface area contributed by atoms with Crippen LogP contribution >= 0.6 is 0 Å². The first-order chi connectivity index (χ1) is 7.65. The first-order valence-electron chi connectivity index (χ1n) is 5.27. The maximum atomic E-state index is 5.42. The van der Waals surface area contributed by atoms with Crippen molar-refractivity contribution in [3.8, 4) is 11.5 Å². The fourth-order valence-corrected chi connectivity index (χ4v) is 1.76. The van der Waals surface area contributed by atoms with Crippen molar-refractivity contribution in [1.29, 1.82) is 0 Å². The van der Waals surface area contributed by atoms with Gasteiger partial charge in [-0.2, -0.15) is 0 Å². The molecule has 1 aromatic carbocycles. The summed E-state index contributed by atoms with van der Waals surface area (Å²) < 4.78 is 10.7. The van der Waals surface area contributed by atoms with Crippen LogP contribution in [0.3, 0.4) is 0 Å². The molecule has 3 N–H and O–H groups in total. The molecular weight excluding hydrogens is 204 g/mol. The molecule has 16 heavy (non-hydrogen) atoms. The summed E-state index contributed by atoms with van der Waals surface area (Å²) in [6.07, 6.45) is 0. The Morgan fingerprint density at radius 3 is 2.38 bits per heavy atom. The van der Waals surface area contributed by atoms with Crippen molar-refractivity contribution in [2.75, 3.05) is 20.9 Å². The third kappa shape index (κ3) is 2.46. The standard InChI is InChI=1S/C12H20N2O2/c1-8-9(2)12(16-4)10(6-14-7-13)5-11(8)15-3/h5,14H,6-7,13H2,1-4H3. The van der Waals surface area contributed by atoms with Crippen LogP contribution in [-0.2, 0) is 6.54 Å². The topological polar surface area (TPSA) is 56.5 Å². The molecule has 1 aromatic rings. The lowest BCUT2D eigenvalue weighted by Gasteiger charge is -2.16. The highest BCUT2D eigenvalue weighted by Gasteiger charge is 2.13. The highest BCUT2D eigenvalue weighted by atomic mass is 16.5. The summed E-state index contributed by atoms with van der Waals surface area (Å²) in [5.74, 6) is 1.78. The Morgan fingerprint density at radius 2 is 1.88 bits per heavy atom. The van der Waals surface area contributed by atoms with E-state index in [1.54, 1.807) is 14.2 Å². The Labute approximate surface area is 96.7 Å². The molecule has 90 valence electrons. The molecule has 0 saturated carbocycles. The minimum absolute atomic E-state index is 0.443. The lowest BCUT2D eigenvalue weighted by atomic mass is 10.0. The zero-order valence-electron chi connectivity index (χ0n) is 10.4. The van der Waals surface area contributed by atoms with Gasteiger partial charge >= 0.3 is 0 Å². The fourth-order valence-electron chi connectivity index (χ4n) is 1.76. The van der Waals surface area contributed by atoms with E-state index in [1.807, 2.05) is 19.9 Å². The molecule has 4 nitrogen and oxygen atoms in total. The van der Waals surface area contributed by atoms with Crippen molar-refractivity contribution in [2.24, 2.45) is 5.73 Å². The van der Waals surface area contributed by atoms with Crippen LogP contribution in [0.1, 0.15) is 16.7 Å². The number of hydrogen-bond acceptors (Lipinski definition) is 4. The third-order valence-corrected chi connectivity index (χ3v) is 2.75. The van der Waals surface area contributed by atoms with Gasteiger partial charge in [-0.3, -0.25) is 0 Å². The summed E-state index contributed by atoms with van der Waals surface area (Å²) in [5, 5.41) is 3.08. The Bertz CT molecular complexity index is 365. The molecule has 4 heteroatoms. The molecule has 0 saturated heterocycles. The summed E-state index contributed by atoms with van der Waals surface area (Å²) in [6.45, 7) is 5.18. The number of rotatable bonds is 5. The molecule has 0 unspecified atom stereocenters. The van der Waals surface area contributed by atoms with Gasteiger partial charge < -0.3 is 20.5 Å². The molecular formula is C12H20N2O2. The predicted molar refractivity (Wildman–Crippen MR) is 64.9 cm³/mol. The number of benzene rings is 1. The second kappa shape index (κ2) is 5.72. The van der Waals surface area contributed by atoms with E-state index in [4.69, 9.17) is 15.2 Å². The molecule has 0 radical (unpaired) electrons. The van der Waals surface area contributed by atoms with Crippen molar-refractivity contribution < 1.29 is 9.47 Å². The zero-order valence-corrected chi connectivity index (χ0v) is 10.4. The van der Waals surface area contributed by atoms with E-state index in [2.05, 4.69) is 5.32 Å². The van der Waals surface area contributed by atoms with Crippen molar-refractivity contribution in [3.63, 3.8) is 0 Å². The van der Waals surface area contributed by atoms with E-state index < -0.39 is 0 Å². The van der Waals surface area contributed by atoms with Gasteiger partial charge in [0.2, 0.25) is 0 Å². The van der Waals surface area contributed by atoms with E-state index in [9.17, 15) is 0 Å². The quantitative estimate of drug-likeness (QED) is 0.741. The molecule has 0 aliphatic rings. The third-order valence-electron chi connectivity index (χ3n) is 2.75. The summed E-state index contributed by atoms with van der Waals surface area (Å²) in [5.41, 5.74) is 8.70. The smallest absolute Gasteiger partial charge is 0.126 e. The number of methoxy groups -OCH3 is 2. The van der Waals surface area contributed by atoms with E-state index in [0.29, 0.717) is 13.2 Å². The maximum Gasteiger partial charge on any atom is 0.126 e. The highest BCUT2D eigenvalue weighted by Crippen LogP contribution is 2.33. The van der Waals surface area contributed by atoms with Crippen molar-refractivity contribution in [3.05, 3.63) is 22.8 Å². The predicted octanol–water partition coefficient (Wildman–Crippen LogP) is 1.33. The van der Waals surface area contributed by atoms with Crippen molar-refractivity contribution >= 4 is 0 Å². The van der Waals surface area contributed by atoms with Gasteiger partial charge in [0.25, 0.3) is 0 Å². The van der Waals surface area contributed by atoms with E-state index >= 15 is 0 Å². The molecule has 1 rings (SSSR count). The van der Waals surface area contributed by atoms with Crippen LogP contribution in [-0.4, -0.2) is 20.9 Å². The van der Waals surface area contributed by atoms with Crippen molar-refractivity contribution in [2.45, 2.75) is 20.4 Å². The van der Waals surface area contributed by atoms with Gasteiger partial charge in [-0.1, -0.05) is 0 Å². The number of hydrogen-bond donors (Lipinski definition) is 2. The van der Waals surface area contributed by atoms with Gasteiger partial charge in [0, 0.05) is 18.8 Å². The number of ether oxygens (including phenoxy) is 2. The molecule has 0 aliphatic heterocycles. The molecule has 0 amide bonds. The Morgan fingerprint density at radius 1 is 1.19 bits per heavy atom. The van der Waals surface area contributed by atoms with Gasteiger partial charge in [-0.25, -0.2) is 0 Å².